The first-order valence-electron chi connectivity index (χ1n) is 4.48. The minimum Gasteiger partial charge on any atom is -0.497 e. The first-order chi connectivity index (χ1) is 7.67. The molecule has 0 unspecified atom stereocenters. The Morgan fingerprint density at radius 3 is 2.56 bits per heavy atom. The van der Waals surface area contributed by atoms with E-state index in [2.05, 4.69) is 5.32 Å². The Kier molecular flexibility index (Phi) is 3.92. The van der Waals surface area contributed by atoms with E-state index in [0.717, 1.165) is 11.4 Å². The number of hydrogen-bond acceptors (Lipinski definition) is 4. The lowest BCUT2D eigenvalue weighted by atomic mass is 10.3. The molecule has 0 aliphatic heterocycles. The number of nitrogens with zero attached hydrogens (tertiary/aromatic N) is 1. The lowest BCUT2D eigenvalue weighted by Gasteiger charge is -2.03. The standard InChI is InChI=1S/C11H11N3O2/c1-16-10-4-2-9(3-5-10)14-7-8(6-12)11(13)15/h2-5,7,14H,1H3,(H2,13,15)/b8-7+. The maximum Gasteiger partial charge on any atom is 0.260 e. The molecule has 1 amide bonds. The van der Waals surface area contributed by atoms with Crippen LogP contribution in [-0.4, -0.2) is 13.0 Å². The van der Waals surface area contributed by atoms with Crippen molar-refractivity contribution in [2.24, 2.45) is 5.73 Å². The number of carbonyl (C=O) groups is 1. The Bertz CT molecular complexity index is 443. The van der Waals surface area contributed by atoms with Gasteiger partial charge in [-0.2, -0.15) is 5.26 Å². The van der Waals surface area contributed by atoms with Gasteiger partial charge in [0, 0.05) is 11.9 Å². The van der Waals surface area contributed by atoms with E-state index in [1.54, 1.807) is 37.4 Å². The molecule has 0 radical (unpaired) electrons. The van der Waals surface area contributed by atoms with Crippen LogP contribution in [0.4, 0.5) is 5.69 Å². The van der Waals surface area contributed by atoms with Crippen LogP contribution in [0.25, 0.3) is 0 Å². The van der Waals surface area contributed by atoms with Gasteiger partial charge < -0.3 is 15.8 Å². The number of ether oxygens (including phenoxy) is 1. The molecule has 5 nitrogen and oxygen atoms in total. The van der Waals surface area contributed by atoms with E-state index in [1.807, 2.05) is 0 Å². The zero-order valence-electron chi connectivity index (χ0n) is 8.73. The van der Waals surface area contributed by atoms with Gasteiger partial charge in [0.15, 0.2) is 0 Å². The van der Waals surface area contributed by atoms with Crippen molar-refractivity contribution in [3.8, 4) is 11.8 Å². The maximum absolute atomic E-state index is 10.7. The summed E-state index contributed by atoms with van der Waals surface area (Å²) >= 11 is 0. The topological polar surface area (TPSA) is 88.1 Å². The molecule has 1 aromatic carbocycles. The average molecular weight is 217 g/mol. The number of hydrogen-bond donors (Lipinski definition) is 2. The van der Waals surface area contributed by atoms with Gasteiger partial charge in [-0.25, -0.2) is 0 Å². The summed E-state index contributed by atoms with van der Waals surface area (Å²) in [6.07, 6.45) is 1.27. The van der Waals surface area contributed by atoms with Gasteiger partial charge in [-0.05, 0) is 24.3 Å². The zero-order chi connectivity index (χ0) is 12.0. The number of carbonyl (C=O) groups excluding carboxylic acids is 1. The van der Waals surface area contributed by atoms with Crippen molar-refractivity contribution in [2.75, 3.05) is 12.4 Å². The number of anilines is 1. The second-order valence-electron chi connectivity index (χ2n) is 2.91. The highest BCUT2D eigenvalue weighted by atomic mass is 16.5. The molecule has 1 aromatic rings. The number of benzene rings is 1. The molecule has 0 aliphatic carbocycles. The summed E-state index contributed by atoms with van der Waals surface area (Å²) < 4.78 is 4.98. The SMILES string of the molecule is COc1ccc(N/C=C(\C#N)C(N)=O)cc1. The van der Waals surface area contributed by atoms with E-state index in [1.165, 1.54) is 6.20 Å². The van der Waals surface area contributed by atoms with Crippen molar-refractivity contribution in [1.82, 2.24) is 0 Å². The van der Waals surface area contributed by atoms with Crippen molar-refractivity contribution < 1.29 is 9.53 Å². The van der Waals surface area contributed by atoms with Crippen LogP contribution in [0, 0.1) is 11.3 Å². The van der Waals surface area contributed by atoms with Gasteiger partial charge >= 0.3 is 0 Å². The first-order valence-corrected chi connectivity index (χ1v) is 4.48. The van der Waals surface area contributed by atoms with Crippen LogP contribution in [0.15, 0.2) is 36.0 Å². The van der Waals surface area contributed by atoms with Gasteiger partial charge in [0.2, 0.25) is 0 Å². The second kappa shape index (κ2) is 5.41. The number of rotatable bonds is 4. The molecule has 0 bridgehead atoms. The molecular formula is C11H11N3O2. The minimum atomic E-state index is -0.761. The van der Waals surface area contributed by atoms with Crippen LogP contribution in [0.2, 0.25) is 0 Å². The summed E-state index contributed by atoms with van der Waals surface area (Å²) in [5.41, 5.74) is 5.57. The first kappa shape index (κ1) is 11.6. The van der Waals surface area contributed by atoms with Crippen molar-refractivity contribution >= 4 is 11.6 Å². The summed E-state index contributed by atoms with van der Waals surface area (Å²) in [6.45, 7) is 0. The number of nitrogens with one attached hydrogen (secondary N) is 1. The monoisotopic (exact) mass is 217 g/mol. The number of amides is 1. The predicted octanol–water partition coefficient (Wildman–Crippen LogP) is 1.000. The summed E-state index contributed by atoms with van der Waals surface area (Å²) in [4.78, 5) is 10.7. The van der Waals surface area contributed by atoms with Crippen LogP contribution >= 0.6 is 0 Å². The molecule has 0 saturated heterocycles. The van der Waals surface area contributed by atoms with Crippen LogP contribution < -0.4 is 15.8 Å². The van der Waals surface area contributed by atoms with Crippen molar-refractivity contribution in [3.63, 3.8) is 0 Å². The third-order valence-electron chi connectivity index (χ3n) is 1.86. The molecule has 16 heavy (non-hydrogen) atoms. The Labute approximate surface area is 93.1 Å². The Morgan fingerprint density at radius 1 is 1.50 bits per heavy atom. The van der Waals surface area contributed by atoms with Gasteiger partial charge in [0.05, 0.1) is 7.11 Å². The quantitative estimate of drug-likeness (QED) is 0.581. The largest absolute Gasteiger partial charge is 0.497 e. The fraction of sp³-hybridized carbons (Fsp3) is 0.0909. The molecule has 0 heterocycles. The summed E-state index contributed by atoms with van der Waals surface area (Å²) in [5.74, 6) is -0.0338. The van der Waals surface area contributed by atoms with E-state index in [4.69, 9.17) is 15.7 Å². The van der Waals surface area contributed by atoms with Gasteiger partial charge in [-0.3, -0.25) is 4.79 Å². The number of nitriles is 1. The molecule has 0 atom stereocenters. The highest BCUT2D eigenvalue weighted by Gasteiger charge is 2.01. The predicted molar refractivity (Wildman–Crippen MR) is 59.5 cm³/mol. The third-order valence-corrected chi connectivity index (χ3v) is 1.86. The molecule has 0 spiro atoms. The Balaban J connectivity index is 2.74. The van der Waals surface area contributed by atoms with Gasteiger partial charge in [0.1, 0.15) is 17.4 Å². The molecule has 82 valence electrons. The molecule has 1 rings (SSSR count). The van der Waals surface area contributed by atoms with Gasteiger partial charge in [0.25, 0.3) is 5.91 Å². The van der Waals surface area contributed by atoms with Crippen molar-refractivity contribution in [3.05, 3.63) is 36.0 Å². The van der Waals surface area contributed by atoms with Crippen LogP contribution in [0.1, 0.15) is 0 Å². The van der Waals surface area contributed by atoms with Crippen molar-refractivity contribution in [1.29, 1.82) is 5.26 Å². The molecule has 3 N–H and O–H groups in total. The number of primary amides is 1. The fourth-order valence-corrected chi connectivity index (χ4v) is 1.00. The van der Waals surface area contributed by atoms with E-state index in [0.29, 0.717) is 0 Å². The smallest absolute Gasteiger partial charge is 0.260 e. The molecule has 5 heteroatoms. The summed E-state index contributed by atoms with van der Waals surface area (Å²) in [6, 6.07) is 8.72. The Morgan fingerprint density at radius 2 is 2.12 bits per heavy atom. The highest BCUT2D eigenvalue weighted by molar-refractivity contribution is 5.96. The number of nitrogens with two attached hydrogens (primary N) is 1. The Hall–Kier alpha value is -2.48. The summed E-state index contributed by atoms with van der Waals surface area (Å²) in [5, 5.41) is 11.4. The highest BCUT2D eigenvalue weighted by Crippen LogP contribution is 2.15. The normalized spacial score (nSPS) is 10.4. The van der Waals surface area contributed by atoms with E-state index >= 15 is 0 Å². The zero-order valence-corrected chi connectivity index (χ0v) is 8.73. The second-order valence-corrected chi connectivity index (χ2v) is 2.91. The molecular weight excluding hydrogens is 206 g/mol. The molecule has 0 saturated carbocycles. The van der Waals surface area contributed by atoms with E-state index in [-0.39, 0.29) is 5.57 Å². The van der Waals surface area contributed by atoms with Gasteiger partial charge in [-0.15, -0.1) is 0 Å². The molecule has 0 fully saturated rings. The van der Waals surface area contributed by atoms with Gasteiger partial charge in [-0.1, -0.05) is 0 Å². The lowest BCUT2D eigenvalue weighted by Crippen LogP contribution is -2.13. The van der Waals surface area contributed by atoms with E-state index in [9.17, 15) is 4.79 Å². The summed E-state index contributed by atoms with van der Waals surface area (Å²) in [7, 11) is 1.57. The van der Waals surface area contributed by atoms with Crippen LogP contribution in [0.3, 0.4) is 0 Å². The third kappa shape index (κ3) is 3.03. The van der Waals surface area contributed by atoms with Crippen molar-refractivity contribution in [2.45, 2.75) is 0 Å². The molecule has 0 aromatic heterocycles. The average Bonchev–Trinajstić information content (AvgIpc) is 2.30. The maximum atomic E-state index is 10.7. The fourth-order valence-electron chi connectivity index (χ4n) is 1.00. The minimum absolute atomic E-state index is 0.129. The van der Waals surface area contributed by atoms with Crippen LogP contribution in [-0.2, 0) is 4.79 Å². The van der Waals surface area contributed by atoms with Crippen LogP contribution in [0.5, 0.6) is 5.75 Å². The van der Waals surface area contributed by atoms with E-state index < -0.39 is 5.91 Å². The lowest BCUT2D eigenvalue weighted by molar-refractivity contribution is -0.114. The molecule has 0 aliphatic rings. The number of methoxy groups -OCH3 is 1.